The summed E-state index contributed by atoms with van der Waals surface area (Å²) >= 11 is 0. The minimum atomic E-state index is 0.0862. The summed E-state index contributed by atoms with van der Waals surface area (Å²) in [6.45, 7) is 0. The molecule has 2 aromatic rings. The van der Waals surface area contributed by atoms with Crippen LogP contribution in [0.1, 0.15) is 30.1 Å². The molecule has 4 nitrogen and oxygen atoms in total. The Morgan fingerprint density at radius 1 is 1.37 bits per heavy atom. The van der Waals surface area contributed by atoms with E-state index in [9.17, 15) is 0 Å². The zero-order valence-corrected chi connectivity index (χ0v) is 11.0. The van der Waals surface area contributed by atoms with Gasteiger partial charge in [-0.15, -0.1) is 0 Å². The molecular weight excluding hydrogens is 238 g/mol. The highest BCUT2D eigenvalue weighted by Crippen LogP contribution is 2.28. The molecule has 0 bridgehead atoms. The van der Waals surface area contributed by atoms with Gasteiger partial charge in [0.15, 0.2) is 5.82 Å². The highest BCUT2D eigenvalue weighted by Gasteiger charge is 2.19. The van der Waals surface area contributed by atoms with Gasteiger partial charge in [0.1, 0.15) is 5.75 Å². The fourth-order valence-electron chi connectivity index (χ4n) is 2.48. The lowest BCUT2D eigenvalue weighted by molar-refractivity contribution is 0.415. The van der Waals surface area contributed by atoms with Crippen LogP contribution < -0.4 is 10.5 Å². The van der Waals surface area contributed by atoms with Gasteiger partial charge < -0.3 is 10.5 Å². The van der Waals surface area contributed by atoms with Crippen LogP contribution in [0.2, 0.25) is 0 Å². The Hall–Kier alpha value is -1.94. The van der Waals surface area contributed by atoms with Crippen molar-refractivity contribution in [3.63, 3.8) is 0 Å². The predicted octanol–water partition coefficient (Wildman–Crippen LogP) is 2.49. The summed E-state index contributed by atoms with van der Waals surface area (Å²) in [5, 5.41) is 0. The maximum atomic E-state index is 6.08. The van der Waals surface area contributed by atoms with E-state index in [4.69, 9.17) is 10.5 Å². The lowest BCUT2D eigenvalue weighted by atomic mass is 9.93. The monoisotopic (exact) mass is 255 g/mol. The highest BCUT2D eigenvalue weighted by atomic mass is 16.5. The highest BCUT2D eigenvalue weighted by molar-refractivity contribution is 5.57. The minimum absolute atomic E-state index is 0.0862. The Labute approximate surface area is 112 Å². The summed E-state index contributed by atoms with van der Waals surface area (Å²) in [5.41, 5.74) is 9.24. The normalized spacial score (nSPS) is 17.9. The number of benzene rings is 1. The first-order chi connectivity index (χ1) is 9.28. The van der Waals surface area contributed by atoms with Crippen LogP contribution in [0.3, 0.4) is 0 Å². The molecule has 1 aromatic carbocycles. The second-order valence-electron chi connectivity index (χ2n) is 4.83. The molecule has 1 atom stereocenters. The Kier molecular flexibility index (Phi) is 3.17. The standard InChI is InChI=1S/C15H17N3O/c1-19-11-5-2-4-10(8-11)15-17-9-12-13(16)6-3-7-14(12)18-15/h2,4-5,8-9,13H,3,6-7,16H2,1H3. The van der Waals surface area contributed by atoms with Gasteiger partial charge in [0.05, 0.1) is 7.11 Å². The molecule has 1 aliphatic carbocycles. The first-order valence-corrected chi connectivity index (χ1v) is 6.54. The van der Waals surface area contributed by atoms with E-state index in [1.807, 2.05) is 30.5 Å². The van der Waals surface area contributed by atoms with Crippen LogP contribution >= 0.6 is 0 Å². The van der Waals surface area contributed by atoms with Gasteiger partial charge in [-0.05, 0) is 31.4 Å². The molecule has 1 aliphatic rings. The molecule has 4 heteroatoms. The predicted molar refractivity (Wildman–Crippen MR) is 73.9 cm³/mol. The van der Waals surface area contributed by atoms with Crippen molar-refractivity contribution in [1.82, 2.24) is 9.97 Å². The minimum Gasteiger partial charge on any atom is -0.497 e. The smallest absolute Gasteiger partial charge is 0.159 e. The molecule has 0 radical (unpaired) electrons. The van der Waals surface area contributed by atoms with Gasteiger partial charge in [0.25, 0.3) is 0 Å². The van der Waals surface area contributed by atoms with Crippen molar-refractivity contribution >= 4 is 0 Å². The fraction of sp³-hybridized carbons (Fsp3) is 0.333. The van der Waals surface area contributed by atoms with E-state index >= 15 is 0 Å². The van der Waals surface area contributed by atoms with Crippen molar-refractivity contribution in [2.24, 2.45) is 5.73 Å². The Morgan fingerprint density at radius 3 is 3.11 bits per heavy atom. The molecule has 0 aliphatic heterocycles. The maximum Gasteiger partial charge on any atom is 0.159 e. The van der Waals surface area contributed by atoms with E-state index in [0.717, 1.165) is 47.7 Å². The molecule has 2 N–H and O–H groups in total. The van der Waals surface area contributed by atoms with E-state index in [-0.39, 0.29) is 6.04 Å². The average Bonchev–Trinajstić information content (AvgIpc) is 2.47. The number of rotatable bonds is 2. The zero-order chi connectivity index (χ0) is 13.2. The summed E-state index contributed by atoms with van der Waals surface area (Å²) in [6, 6.07) is 7.89. The molecule has 0 amide bonds. The third-order valence-electron chi connectivity index (χ3n) is 3.56. The summed E-state index contributed by atoms with van der Waals surface area (Å²) in [5.74, 6) is 1.56. The molecule has 3 rings (SSSR count). The summed E-state index contributed by atoms with van der Waals surface area (Å²) in [4.78, 5) is 9.10. The van der Waals surface area contributed by atoms with E-state index in [2.05, 4.69) is 9.97 Å². The molecule has 1 heterocycles. The van der Waals surface area contributed by atoms with Crippen LogP contribution in [0.25, 0.3) is 11.4 Å². The van der Waals surface area contributed by atoms with Crippen LogP contribution in [0.4, 0.5) is 0 Å². The van der Waals surface area contributed by atoms with Crippen LogP contribution in [0, 0.1) is 0 Å². The number of hydrogen-bond donors (Lipinski definition) is 1. The maximum absolute atomic E-state index is 6.08. The molecule has 98 valence electrons. The van der Waals surface area contributed by atoms with Crippen molar-refractivity contribution in [1.29, 1.82) is 0 Å². The van der Waals surface area contributed by atoms with E-state index in [0.29, 0.717) is 0 Å². The van der Waals surface area contributed by atoms with Gasteiger partial charge >= 0.3 is 0 Å². The molecule has 0 saturated carbocycles. The van der Waals surface area contributed by atoms with Crippen LogP contribution in [-0.4, -0.2) is 17.1 Å². The number of nitrogens with zero attached hydrogens (tertiary/aromatic N) is 2. The number of aromatic nitrogens is 2. The number of nitrogens with two attached hydrogens (primary N) is 1. The van der Waals surface area contributed by atoms with Crippen LogP contribution in [-0.2, 0) is 6.42 Å². The molecule has 0 saturated heterocycles. The Morgan fingerprint density at radius 2 is 2.26 bits per heavy atom. The summed E-state index contributed by atoms with van der Waals surface area (Å²) < 4.78 is 5.23. The number of ether oxygens (including phenoxy) is 1. The quantitative estimate of drug-likeness (QED) is 0.895. The third kappa shape index (κ3) is 2.31. The number of fused-ring (bicyclic) bond motifs is 1. The summed E-state index contributed by atoms with van der Waals surface area (Å²) in [6.07, 6.45) is 4.99. The number of hydrogen-bond acceptors (Lipinski definition) is 4. The molecule has 0 fully saturated rings. The van der Waals surface area contributed by atoms with Gasteiger partial charge in [-0.3, -0.25) is 0 Å². The SMILES string of the molecule is COc1cccc(-c2ncc3c(n2)CCCC3N)c1. The van der Waals surface area contributed by atoms with Crippen LogP contribution in [0.5, 0.6) is 5.75 Å². The number of methoxy groups -OCH3 is 1. The number of aryl methyl sites for hydroxylation is 1. The molecule has 1 unspecified atom stereocenters. The van der Waals surface area contributed by atoms with Crippen molar-refractivity contribution in [3.8, 4) is 17.1 Å². The van der Waals surface area contributed by atoms with Crippen molar-refractivity contribution in [2.75, 3.05) is 7.11 Å². The van der Waals surface area contributed by atoms with Crippen molar-refractivity contribution < 1.29 is 4.74 Å². The third-order valence-corrected chi connectivity index (χ3v) is 3.56. The largest absolute Gasteiger partial charge is 0.497 e. The molecular formula is C15H17N3O. The van der Waals surface area contributed by atoms with Gasteiger partial charge in [0.2, 0.25) is 0 Å². The van der Waals surface area contributed by atoms with Gasteiger partial charge in [-0.1, -0.05) is 12.1 Å². The lowest BCUT2D eigenvalue weighted by Crippen LogP contribution is -2.19. The van der Waals surface area contributed by atoms with Gasteiger partial charge in [0, 0.05) is 29.1 Å². The topological polar surface area (TPSA) is 61.0 Å². The first kappa shape index (κ1) is 12.1. The molecule has 1 aromatic heterocycles. The Bertz CT molecular complexity index is 598. The van der Waals surface area contributed by atoms with Gasteiger partial charge in [-0.25, -0.2) is 9.97 Å². The van der Waals surface area contributed by atoms with E-state index < -0.39 is 0 Å². The summed E-state index contributed by atoms with van der Waals surface area (Å²) in [7, 11) is 1.66. The second-order valence-corrected chi connectivity index (χ2v) is 4.83. The second kappa shape index (κ2) is 4.97. The van der Waals surface area contributed by atoms with E-state index in [1.54, 1.807) is 7.11 Å². The Balaban J connectivity index is 2.01. The van der Waals surface area contributed by atoms with E-state index in [1.165, 1.54) is 0 Å². The zero-order valence-electron chi connectivity index (χ0n) is 11.0. The fourth-order valence-corrected chi connectivity index (χ4v) is 2.48. The lowest BCUT2D eigenvalue weighted by Gasteiger charge is -2.21. The van der Waals surface area contributed by atoms with Crippen molar-refractivity contribution in [3.05, 3.63) is 41.7 Å². The molecule has 19 heavy (non-hydrogen) atoms. The molecule has 0 spiro atoms. The van der Waals surface area contributed by atoms with Gasteiger partial charge in [-0.2, -0.15) is 0 Å². The average molecular weight is 255 g/mol. The van der Waals surface area contributed by atoms with Crippen LogP contribution in [0.15, 0.2) is 30.5 Å². The first-order valence-electron chi connectivity index (χ1n) is 6.54. The van der Waals surface area contributed by atoms with Crippen molar-refractivity contribution in [2.45, 2.75) is 25.3 Å².